The number of aromatic hydroxyl groups is 1. The fraction of sp³-hybridized carbons (Fsp3) is 0.533. The summed E-state index contributed by atoms with van der Waals surface area (Å²) in [4.78, 5) is 14.4. The summed E-state index contributed by atoms with van der Waals surface area (Å²) in [6.07, 6.45) is 0.814. The lowest BCUT2D eigenvalue weighted by Crippen LogP contribution is -2.29. The van der Waals surface area contributed by atoms with Gasteiger partial charge in [-0.2, -0.15) is 0 Å². The van der Waals surface area contributed by atoms with Crippen molar-refractivity contribution in [2.24, 2.45) is 5.92 Å². The summed E-state index contributed by atoms with van der Waals surface area (Å²) in [7, 11) is 4.01. The molecule has 0 heterocycles. The van der Waals surface area contributed by atoms with Crippen LogP contribution in [-0.2, 0) is 14.9 Å². The lowest BCUT2D eigenvalue weighted by molar-refractivity contribution is -0.146. The van der Waals surface area contributed by atoms with Crippen molar-refractivity contribution in [3.63, 3.8) is 0 Å². The van der Waals surface area contributed by atoms with Crippen molar-refractivity contribution in [2.75, 3.05) is 27.2 Å². The molecular formula is C15H21NO3. The SMILES string of the molecule is CCOC(=O)C1(c2ccc(O)cc2)CC1CN(C)C. The van der Waals surface area contributed by atoms with Crippen LogP contribution in [0.15, 0.2) is 24.3 Å². The Morgan fingerprint density at radius 2 is 2.05 bits per heavy atom. The number of carbonyl (C=O) groups excluding carboxylic acids is 1. The molecular weight excluding hydrogens is 242 g/mol. The van der Waals surface area contributed by atoms with Gasteiger partial charge in [0, 0.05) is 6.54 Å². The molecule has 0 radical (unpaired) electrons. The Hall–Kier alpha value is -1.55. The lowest BCUT2D eigenvalue weighted by Gasteiger charge is -2.18. The topological polar surface area (TPSA) is 49.8 Å². The summed E-state index contributed by atoms with van der Waals surface area (Å²) >= 11 is 0. The smallest absolute Gasteiger partial charge is 0.316 e. The average Bonchev–Trinajstić information content (AvgIpc) is 3.04. The number of benzene rings is 1. The molecule has 2 unspecified atom stereocenters. The fourth-order valence-corrected chi connectivity index (χ4v) is 2.73. The average molecular weight is 263 g/mol. The molecule has 1 aliphatic rings. The zero-order valence-electron chi connectivity index (χ0n) is 11.7. The van der Waals surface area contributed by atoms with Gasteiger partial charge in [0.15, 0.2) is 0 Å². The van der Waals surface area contributed by atoms with Crippen molar-refractivity contribution in [3.8, 4) is 5.75 Å². The van der Waals surface area contributed by atoms with Crippen LogP contribution in [-0.4, -0.2) is 43.2 Å². The van der Waals surface area contributed by atoms with E-state index in [1.54, 1.807) is 12.1 Å². The van der Waals surface area contributed by atoms with Gasteiger partial charge < -0.3 is 14.7 Å². The number of ether oxygens (including phenoxy) is 1. The van der Waals surface area contributed by atoms with Crippen molar-refractivity contribution in [2.45, 2.75) is 18.8 Å². The number of esters is 1. The van der Waals surface area contributed by atoms with E-state index in [2.05, 4.69) is 4.90 Å². The molecule has 0 aromatic heterocycles. The van der Waals surface area contributed by atoms with Gasteiger partial charge in [-0.3, -0.25) is 4.79 Å². The first-order valence-electron chi connectivity index (χ1n) is 6.62. The highest BCUT2D eigenvalue weighted by atomic mass is 16.5. The Kier molecular flexibility index (Phi) is 3.80. The lowest BCUT2D eigenvalue weighted by atomic mass is 9.93. The van der Waals surface area contributed by atoms with E-state index in [0.29, 0.717) is 6.61 Å². The molecule has 104 valence electrons. The number of phenols is 1. The van der Waals surface area contributed by atoms with E-state index in [0.717, 1.165) is 18.5 Å². The summed E-state index contributed by atoms with van der Waals surface area (Å²) in [6, 6.07) is 6.90. The highest BCUT2D eigenvalue weighted by Gasteiger charge is 2.62. The standard InChI is InChI=1S/C15H21NO3/c1-4-19-14(18)15(9-12(15)10-16(2)3)11-5-7-13(17)8-6-11/h5-8,12,17H,4,9-10H2,1-3H3. The maximum atomic E-state index is 12.3. The Balaban J connectivity index is 2.26. The fourth-order valence-electron chi connectivity index (χ4n) is 2.73. The number of nitrogens with zero attached hydrogens (tertiary/aromatic N) is 1. The number of rotatable bonds is 5. The van der Waals surface area contributed by atoms with Crippen LogP contribution in [0, 0.1) is 5.92 Å². The van der Waals surface area contributed by atoms with Crippen LogP contribution in [0.5, 0.6) is 5.75 Å². The molecule has 0 spiro atoms. The van der Waals surface area contributed by atoms with Crippen molar-refractivity contribution >= 4 is 5.97 Å². The Labute approximate surface area is 114 Å². The highest BCUT2D eigenvalue weighted by molar-refractivity contribution is 5.87. The molecule has 0 bridgehead atoms. The molecule has 2 atom stereocenters. The van der Waals surface area contributed by atoms with Crippen LogP contribution in [0.4, 0.5) is 0 Å². The highest BCUT2D eigenvalue weighted by Crippen LogP contribution is 2.55. The van der Waals surface area contributed by atoms with Gasteiger partial charge in [-0.05, 0) is 51.1 Å². The largest absolute Gasteiger partial charge is 0.508 e. The van der Waals surface area contributed by atoms with Crippen LogP contribution in [0.25, 0.3) is 0 Å². The molecule has 19 heavy (non-hydrogen) atoms. The first-order chi connectivity index (χ1) is 9.00. The summed E-state index contributed by atoms with van der Waals surface area (Å²) in [6.45, 7) is 3.08. The summed E-state index contributed by atoms with van der Waals surface area (Å²) < 4.78 is 5.25. The van der Waals surface area contributed by atoms with Crippen LogP contribution < -0.4 is 0 Å². The third kappa shape index (κ3) is 2.59. The minimum atomic E-state index is -0.520. The minimum absolute atomic E-state index is 0.146. The zero-order valence-corrected chi connectivity index (χ0v) is 11.7. The second-order valence-corrected chi connectivity index (χ2v) is 5.40. The molecule has 4 nitrogen and oxygen atoms in total. The van der Waals surface area contributed by atoms with Gasteiger partial charge in [0.05, 0.1) is 12.0 Å². The van der Waals surface area contributed by atoms with Gasteiger partial charge in [0.1, 0.15) is 5.75 Å². The molecule has 2 rings (SSSR count). The van der Waals surface area contributed by atoms with Gasteiger partial charge >= 0.3 is 5.97 Å². The molecule has 4 heteroatoms. The second-order valence-electron chi connectivity index (χ2n) is 5.40. The normalized spacial score (nSPS) is 25.4. The zero-order chi connectivity index (χ0) is 14.0. The molecule has 1 fully saturated rings. The Morgan fingerprint density at radius 1 is 1.42 bits per heavy atom. The van der Waals surface area contributed by atoms with Gasteiger partial charge in [-0.25, -0.2) is 0 Å². The minimum Gasteiger partial charge on any atom is -0.508 e. The Morgan fingerprint density at radius 3 is 2.58 bits per heavy atom. The van der Waals surface area contributed by atoms with Crippen molar-refractivity contribution in [1.82, 2.24) is 4.90 Å². The van der Waals surface area contributed by atoms with E-state index in [1.807, 2.05) is 33.2 Å². The number of hydrogen-bond donors (Lipinski definition) is 1. The first kappa shape index (κ1) is 13.9. The van der Waals surface area contributed by atoms with Gasteiger partial charge in [0.2, 0.25) is 0 Å². The van der Waals surface area contributed by atoms with E-state index in [1.165, 1.54) is 0 Å². The molecule has 1 aromatic carbocycles. The van der Waals surface area contributed by atoms with E-state index in [4.69, 9.17) is 4.74 Å². The third-order valence-electron chi connectivity index (χ3n) is 3.71. The quantitative estimate of drug-likeness (QED) is 0.823. The molecule has 1 aliphatic carbocycles. The second kappa shape index (κ2) is 5.21. The number of hydrogen-bond acceptors (Lipinski definition) is 4. The van der Waals surface area contributed by atoms with Gasteiger partial charge in [0.25, 0.3) is 0 Å². The predicted octanol–water partition coefficient (Wildman–Crippen LogP) is 1.77. The molecule has 1 aromatic rings. The van der Waals surface area contributed by atoms with Crippen molar-refractivity contribution in [1.29, 1.82) is 0 Å². The maximum Gasteiger partial charge on any atom is 0.316 e. The van der Waals surface area contributed by atoms with E-state index < -0.39 is 5.41 Å². The van der Waals surface area contributed by atoms with Crippen molar-refractivity contribution in [3.05, 3.63) is 29.8 Å². The van der Waals surface area contributed by atoms with Crippen LogP contribution in [0.1, 0.15) is 18.9 Å². The van der Waals surface area contributed by atoms with E-state index in [9.17, 15) is 9.90 Å². The van der Waals surface area contributed by atoms with E-state index in [-0.39, 0.29) is 17.6 Å². The maximum absolute atomic E-state index is 12.3. The molecule has 0 amide bonds. The first-order valence-corrected chi connectivity index (χ1v) is 6.62. The number of carbonyl (C=O) groups is 1. The van der Waals surface area contributed by atoms with Crippen LogP contribution in [0.2, 0.25) is 0 Å². The van der Waals surface area contributed by atoms with Crippen molar-refractivity contribution < 1.29 is 14.6 Å². The van der Waals surface area contributed by atoms with Gasteiger partial charge in [-0.1, -0.05) is 12.1 Å². The monoisotopic (exact) mass is 263 g/mol. The Bertz CT molecular complexity index is 455. The number of phenolic OH excluding ortho intramolecular Hbond substituents is 1. The third-order valence-corrected chi connectivity index (χ3v) is 3.71. The molecule has 1 saturated carbocycles. The summed E-state index contributed by atoms with van der Waals surface area (Å²) in [5.74, 6) is 0.353. The predicted molar refractivity (Wildman–Crippen MR) is 73.1 cm³/mol. The van der Waals surface area contributed by atoms with Crippen LogP contribution >= 0.6 is 0 Å². The molecule has 1 N–H and O–H groups in total. The summed E-state index contributed by atoms with van der Waals surface area (Å²) in [5, 5.41) is 9.37. The molecule has 0 aliphatic heterocycles. The van der Waals surface area contributed by atoms with E-state index >= 15 is 0 Å². The van der Waals surface area contributed by atoms with Crippen LogP contribution in [0.3, 0.4) is 0 Å². The summed E-state index contributed by atoms with van der Waals surface area (Å²) in [5.41, 5.74) is 0.421. The van der Waals surface area contributed by atoms with Gasteiger partial charge in [-0.15, -0.1) is 0 Å². The molecule has 0 saturated heterocycles.